The molecule has 0 spiro atoms. The monoisotopic (exact) mass is 511 g/mol. The minimum Gasteiger partial charge on any atom is -0.369 e. The number of hydrogen-bond donors (Lipinski definition) is 2. The van der Waals surface area contributed by atoms with Crippen molar-refractivity contribution in [2.75, 3.05) is 46.3 Å². The van der Waals surface area contributed by atoms with E-state index in [4.69, 9.17) is 5.73 Å². The fourth-order valence-electron chi connectivity index (χ4n) is 4.10. The van der Waals surface area contributed by atoms with Gasteiger partial charge in [-0.25, -0.2) is 0 Å². The van der Waals surface area contributed by atoms with E-state index in [2.05, 4.69) is 56.5 Å². The van der Waals surface area contributed by atoms with Gasteiger partial charge in [-0.2, -0.15) is 0 Å². The van der Waals surface area contributed by atoms with E-state index < -0.39 is 0 Å². The van der Waals surface area contributed by atoms with Crippen molar-refractivity contribution in [1.29, 1.82) is 0 Å². The Hall–Kier alpha value is -1.61. The summed E-state index contributed by atoms with van der Waals surface area (Å²) in [5.41, 5.74) is 8.21. The third-order valence-electron chi connectivity index (χ3n) is 5.71. The molecule has 2 aliphatic heterocycles. The van der Waals surface area contributed by atoms with Crippen LogP contribution in [0.5, 0.6) is 0 Å². The zero-order valence-electron chi connectivity index (χ0n) is 17.3. The van der Waals surface area contributed by atoms with Gasteiger partial charge in [0, 0.05) is 33.2 Å². The van der Waals surface area contributed by atoms with Crippen LogP contribution in [0.25, 0.3) is 5.57 Å². The highest BCUT2D eigenvalue weighted by molar-refractivity contribution is 14.0. The van der Waals surface area contributed by atoms with Gasteiger partial charge in [0.2, 0.25) is 5.91 Å². The Morgan fingerprint density at radius 1 is 1.28 bits per heavy atom. The Morgan fingerprint density at radius 2 is 2.07 bits per heavy atom. The Morgan fingerprint density at radius 3 is 2.72 bits per heavy atom. The van der Waals surface area contributed by atoms with E-state index in [-0.39, 0.29) is 35.8 Å². The van der Waals surface area contributed by atoms with Crippen LogP contribution in [0.15, 0.2) is 41.4 Å². The molecule has 6 nitrogen and oxygen atoms in total. The SMILES string of the molecule is CN=C(NCCCN1CCCC(C(N)=O)C1)N1CC=C(c2ccccc2)CC1.I. The fourth-order valence-corrected chi connectivity index (χ4v) is 4.10. The normalized spacial score (nSPS) is 20.6. The molecule has 160 valence electrons. The molecule has 0 saturated carbocycles. The van der Waals surface area contributed by atoms with E-state index >= 15 is 0 Å². The maximum atomic E-state index is 11.4. The molecule has 2 aliphatic rings. The fraction of sp³-hybridized carbons (Fsp3) is 0.545. The van der Waals surface area contributed by atoms with Gasteiger partial charge in [0.1, 0.15) is 0 Å². The van der Waals surface area contributed by atoms with Crippen molar-refractivity contribution in [2.45, 2.75) is 25.7 Å². The standard InChI is InChI=1S/C22H33N5O.HI/c1-24-22(25-12-6-14-26-13-5-9-20(17-26)21(23)28)27-15-10-19(11-16-27)18-7-3-2-4-8-18;/h2-4,7-8,10,20H,5-6,9,11-17H2,1H3,(H2,23,28)(H,24,25);1H. The molecule has 1 amide bonds. The minimum atomic E-state index is -0.156. The summed E-state index contributed by atoms with van der Waals surface area (Å²) in [6.07, 6.45) is 6.37. The predicted octanol–water partition coefficient (Wildman–Crippen LogP) is 2.56. The largest absolute Gasteiger partial charge is 0.369 e. The van der Waals surface area contributed by atoms with Gasteiger partial charge in [0.05, 0.1) is 5.92 Å². The van der Waals surface area contributed by atoms with E-state index in [1.165, 1.54) is 11.1 Å². The number of piperidine rings is 1. The average molecular weight is 511 g/mol. The molecule has 1 aromatic carbocycles. The minimum absolute atomic E-state index is 0. The van der Waals surface area contributed by atoms with Gasteiger partial charge in [0.15, 0.2) is 5.96 Å². The molecule has 3 rings (SSSR count). The second kappa shape index (κ2) is 12.2. The first-order valence-electron chi connectivity index (χ1n) is 10.4. The lowest BCUT2D eigenvalue weighted by Gasteiger charge is -2.32. The zero-order valence-corrected chi connectivity index (χ0v) is 19.7. The van der Waals surface area contributed by atoms with Crippen LogP contribution in [0.1, 0.15) is 31.2 Å². The number of nitrogens with one attached hydrogen (secondary N) is 1. The van der Waals surface area contributed by atoms with Crippen LogP contribution in [0.2, 0.25) is 0 Å². The smallest absolute Gasteiger partial charge is 0.221 e. The van der Waals surface area contributed by atoms with Crippen molar-refractivity contribution in [1.82, 2.24) is 15.1 Å². The first-order valence-corrected chi connectivity index (χ1v) is 10.4. The zero-order chi connectivity index (χ0) is 19.8. The summed E-state index contributed by atoms with van der Waals surface area (Å²) in [5.74, 6) is 0.835. The lowest BCUT2D eigenvalue weighted by molar-refractivity contribution is -0.123. The number of benzene rings is 1. The maximum absolute atomic E-state index is 11.4. The summed E-state index contributed by atoms with van der Waals surface area (Å²) in [6, 6.07) is 10.6. The molecule has 2 heterocycles. The molecule has 3 N–H and O–H groups in total. The molecule has 0 bridgehead atoms. The third kappa shape index (κ3) is 6.99. The number of guanidine groups is 1. The van der Waals surface area contributed by atoms with Gasteiger partial charge in [-0.05, 0) is 49.9 Å². The highest BCUT2D eigenvalue weighted by atomic mass is 127. The third-order valence-corrected chi connectivity index (χ3v) is 5.71. The van der Waals surface area contributed by atoms with E-state index in [9.17, 15) is 4.79 Å². The molecule has 1 unspecified atom stereocenters. The molecule has 0 radical (unpaired) electrons. The number of aliphatic imine (C=N–C) groups is 1. The summed E-state index contributed by atoms with van der Waals surface area (Å²) in [4.78, 5) is 20.5. The highest BCUT2D eigenvalue weighted by Crippen LogP contribution is 2.22. The topological polar surface area (TPSA) is 74.0 Å². The number of nitrogens with two attached hydrogens (primary N) is 1. The molecule has 7 heteroatoms. The van der Waals surface area contributed by atoms with E-state index in [0.717, 1.165) is 70.9 Å². The maximum Gasteiger partial charge on any atom is 0.221 e. The molecule has 1 atom stereocenters. The molecule has 1 fully saturated rings. The lowest BCUT2D eigenvalue weighted by atomic mass is 9.97. The second-order valence-electron chi connectivity index (χ2n) is 7.66. The van der Waals surface area contributed by atoms with Gasteiger partial charge in [-0.1, -0.05) is 36.4 Å². The number of carbonyl (C=O) groups is 1. The Bertz CT molecular complexity index is 706. The van der Waals surface area contributed by atoms with Crippen LogP contribution in [0.4, 0.5) is 0 Å². The van der Waals surface area contributed by atoms with Crippen molar-refractivity contribution >= 4 is 41.4 Å². The molecule has 1 saturated heterocycles. The molecule has 0 aromatic heterocycles. The molecule has 1 aromatic rings. The Balaban J connectivity index is 0.00000300. The van der Waals surface area contributed by atoms with Crippen LogP contribution >= 0.6 is 24.0 Å². The molecule has 29 heavy (non-hydrogen) atoms. The number of carbonyl (C=O) groups excluding carboxylic acids is 1. The summed E-state index contributed by atoms with van der Waals surface area (Å²) < 4.78 is 0. The van der Waals surface area contributed by atoms with Crippen LogP contribution in [-0.4, -0.2) is 68.0 Å². The first kappa shape index (κ1) is 23.7. The number of nitrogens with zero attached hydrogens (tertiary/aromatic N) is 3. The molecule has 0 aliphatic carbocycles. The van der Waals surface area contributed by atoms with Crippen LogP contribution in [0.3, 0.4) is 0 Å². The lowest BCUT2D eigenvalue weighted by Crippen LogP contribution is -2.45. The summed E-state index contributed by atoms with van der Waals surface area (Å²) in [6.45, 7) is 5.62. The number of halogens is 1. The van der Waals surface area contributed by atoms with Gasteiger partial charge in [-0.15, -0.1) is 24.0 Å². The van der Waals surface area contributed by atoms with Crippen LogP contribution in [-0.2, 0) is 4.79 Å². The quantitative estimate of drug-likeness (QED) is 0.267. The van der Waals surface area contributed by atoms with E-state index in [0.29, 0.717) is 0 Å². The first-order chi connectivity index (χ1) is 13.7. The van der Waals surface area contributed by atoms with Crippen LogP contribution < -0.4 is 11.1 Å². The number of amides is 1. The summed E-state index contributed by atoms with van der Waals surface area (Å²) in [5, 5.41) is 3.50. The van der Waals surface area contributed by atoms with Gasteiger partial charge < -0.3 is 20.9 Å². The average Bonchev–Trinajstić information content (AvgIpc) is 2.75. The number of rotatable bonds is 6. The van der Waals surface area contributed by atoms with Gasteiger partial charge >= 0.3 is 0 Å². The predicted molar refractivity (Wildman–Crippen MR) is 130 cm³/mol. The molecular weight excluding hydrogens is 477 g/mol. The van der Waals surface area contributed by atoms with Crippen molar-refractivity contribution in [2.24, 2.45) is 16.6 Å². The van der Waals surface area contributed by atoms with E-state index in [1.807, 2.05) is 7.05 Å². The van der Waals surface area contributed by atoms with Crippen LogP contribution in [0, 0.1) is 5.92 Å². The van der Waals surface area contributed by atoms with E-state index in [1.54, 1.807) is 0 Å². The van der Waals surface area contributed by atoms with Gasteiger partial charge in [0.25, 0.3) is 0 Å². The van der Waals surface area contributed by atoms with Crippen molar-refractivity contribution < 1.29 is 4.79 Å². The summed E-state index contributed by atoms with van der Waals surface area (Å²) >= 11 is 0. The second-order valence-corrected chi connectivity index (χ2v) is 7.66. The summed E-state index contributed by atoms with van der Waals surface area (Å²) in [7, 11) is 1.85. The Labute approximate surface area is 191 Å². The number of likely N-dealkylation sites (tertiary alicyclic amines) is 1. The van der Waals surface area contributed by atoms with Crippen molar-refractivity contribution in [3.8, 4) is 0 Å². The van der Waals surface area contributed by atoms with Crippen molar-refractivity contribution in [3.63, 3.8) is 0 Å². The number of primary amides is 1. The number of hydrogen-bond acceptors (Lipinski definition) is 3. The van der Waals surface area contributed by atoms with Crippen molar-refractivity contribution in [3.05, 3.63) is 42.0 Å². The van der Waals surface area contributed by atoms with Gasteiger partial charge in [-0.3, -0.25) is 9.79 Å². The molecular formula is C22H34IN5O. The Kier molecular flexibility index (Phi) is 9.93. The highest BCUT2D eigenvalue weighted by Gasteiger charge is 2.23.